The van der Waals surface area contributed by atoms with E-state index in [1.807, 2.05) is 19.9 Å². The largest absolute Gasteiger partial charge is 0.459 e. The Morgan fingerprint density at radius 1 is 1.67 bits per heavy atom. The molecule has 0 saturated heterocycles. The van der Waals surface area contributed by atoms with E-state index in [0.29, 0.717) is 0 Å². The van der Waals surface area contributed by atoms with E-state index >= 15 is 0 Å². The van der Waals surface area contributed by atoms with Crippen molar-refractivity contribution in [3.05, 3.63) is 36.3 Å². The molecule has 0 bridgehead atoms. The van der Waals surface area contributed by atoms with Crippen LogP contribution >= 0.6 is 0 Å². The summed E-state index contributed by atoms with van der Waals surface area (Å²) in [5, 5.41) is 3.85. The molecule has 0 aliphatic rings. The van der Waals surface area contributed by atoms with Crippen molar-refractivity contribution in [2.75, 3.05) is 12.0 Å². The minimum atomic E-state index is -0.601. The zero-order chi connectivity index (χ0) is 13.4. The molecule has 0 fully saturated rings. The van der Waals surface area contributed by atoms with Crippen LogP contribution in [0.1, 0.15) is 13.8 Å². The highest BCUT2D eigenvalue weighted by atomic mass is 19.1. The topological polar surface area (TPSA) is 59.4 Å². The standard InChI is InChI=1S/C12H15FN4O/c1-4-6-18-12-14-8-10(13)11(16-12)17-15-7-9(3)5-2/h4-5,7-8H,1,6H2,2-3H3,(H,14,16,17)/b9-5+,15-7+. The predicted octanol–water partition coefficient (Wildman–Crippen LogP) is 2.54. The van der Waals surface area contributed by atoms with Crippen LogP contribution in [0, 0.1) is 5.82 Å². The zero-order valence-corrected chi connectivity index (χ0v) is 10.4. The first-order valence-corrected chi connectivity index (χ1v) is 5.35. The number of nitrogens with one attached hydrogen (secondary N) is 1. The third-order valence-corrected chi connectivity index (χ3v) is 1.95. The predicted molar refractivity (Wildman–Crippen MR) is 69.2 cm³/mol. The van der Waals surface area contributed by atoms with Crippen LogP contribution in [-0.2, 0) is 0 Å². The Morgan fingerprint density at radius 2 is 2.44 bits per heavy atom. The quantitative estimate of drug-likeness (QED) is 0.479. The molecule has 0 saturated carbocycles. The van der Waals surface area contributed by atoms with E-state index in [1.165, 1.54) is 0 Å². The van der Waals surface area contributed by atoms with Crippen LogP contribution in [0.25, 0.3) is 0 Å². The van der Waals surface area contributed by atoms with E-state index < -0.39 is 5.82 Å². The summed E-state index contributed by atoms with van der Waals surface area (Å²) in [5.74, 6) is -0.638. The summed E-state index contributed by atoms with van der Waals surface area (Å²) in [4.78, 5) is 7.51. The molecule has 0 amide bonds. The van der Waals surface area contributed by atoms with Crippen molar-refractivity contribution >= 4 is 12.0 Å². The maximum absolute atomic E-state index is 13.3. The minimum absolute atomic E-state index is 0.0378. The Morgan fingerprint density at radius 3 is 3.11 bits per heavy atom. The smallest absolute Gasteiger partial charge is 0.318 e. The van der Waals surface area contributed by atoms with Gasteiger partial charge in [-0.15, -0.1) is 0 Å². The summed E-state index contributed by atoms with van der Waals surface area (Å²) >= 11 is 0. The van der Waals surface area contributed by atoms with Crippen LogP contribution in [0.4, 0.5) is 10.2 Å². The second-order valence-corrected chi connectivity index (χ2v) is 3.35. The summed E-state index contributed by atoms with van der Waals surface area (Å²) in [6.45, 7) is 7.51. The lowest BCUT2D eigenvalue weighted by Gasteiger charge is -2.04. The van der Waals surface area contributed by atoms with Gasteiger partial charge in [0.2, 0.25) is 0 Å². The Bertz CT molecular complexity index is 471. The van der Waals surface area contributed by atoms with Crippen LogP contribution in [0.5, 0.6) is 6.01 Å². The number of halogens is 1. The highest BCUT2D eigenvalue weighted by Crippen LogP contribution is 2.13. The van der Waals surface area contributed by atoms with E-state index in [2.05, 4.69) is 27.1 Å². The fraction of sp³-hybridized carbons (Fsp3) is 0.250. The van der Waals surface area contributed by atoms with Crippen LogP contribution in [-0.4, -0.2) is 22.8 Å². The molecule has 0 radical (unpaired) electrons. The van der Waals surface area contributed by atoms with Crippen molar-refractivity contribution in [2.24, 2.45) is 5.10 Å². The van der Waals surface area contributed by atoms with Gasteiger partial charge in [0.1, 0.15) is 6.61 Å². The molecule has 1 heterocycles. The van der Waals surface area contributed by atoms with Crippen molar-refractivity contribution in [1.29, 1.82) is 0 Å². The first-order chi connectivity index (χ1) is 8.67. The molecule has 1 rings (SSSR count). The van der Waals surface area contributed by atoms with Gasteiger partial charge in [-0.05, 0) is 19.4 Å². The van der Waals surface area contributed by atoms with Gasteiger partial charge < -0.3 is 4.74 Å². The van der Waals surface area contributed by atoms with Gasteiger partial charge in [-0.2, -0.15) is 10.1 Å². The molecule has 0 spiro atoms. The molecule has 0 aliphatic carbocycles. The third kappa shape index (κ3) is 4.32. The average Bonchev–Trinajstić information content (AvgIpc) is 2.39. The lowest BCUT2D eigenvalue weighted by atomic mass is 10.3. The molecule has 6 heteroatoms. The van der Waals surface area contributed by atoms with Gasteiger partial charge in [-0.25, -0.2) is 9.37 Å². The summed E-state index contributed by atoms with van der Waals surface area (Å²) in [5.41, 5.74) is 3.44. The molecule has 0 atom stereocenters. The van der Waals surface area contributed by atoms with Crippen LogP contribution < -0.4 is 10.2 Å². The molecular weight excluding hydrogens is 235 g/mol. The highest BCUT2D eigenvalue weighted by Gasteiger charge is 2.06. The van der Waals surface area contributed by atoms with Gasteiger partial charge in [0.05, 0.1) is 6.20 Å². The Labute approximate surface area is 105 Å². The summed E-state index contributed by atoms with van der Waals surface area (Å²) < 4.78 is 18.4. The number of aromatic nitrogens is 2. The number of nitrogens with zero attached hydrogens (tertiary/aromatic N) is 3. The number of rotatable bonds is 6. The Hall–Kier alpha value is -2.24. The Kier molecular flexibility index (Phi) is 5.50. The number of allylic oxidation sites excluding steroid dienone is 2. The summed E-state index contributed by atoms with van der Waals surface area (Å²) in [6, 6.07) is 0.0664. The van der Waals surface area contributed by atoms with E-state index in [9.17, 15) is 4.39 Å². The lowest BCUT2D eigenvalue weighted by Crippen LogP contribution is -2.03. The third-order valence-electron chi connectivity index (χ3n) is 1.95. The van der Waals surface area contributed by atoms with Gasteiger partial charge in [0.15, 0.2) is 11.6 Å². The van der Waals surface area contributed by atoms with Crippen LogP contribution in [0.2, 0.25) is 0 Å². The van der Waals surface area contributed by atoms with Gasteiger partial charge >= 0.3 is 6.01 Å². The number of ether oxygens (including phenoxy) is 1. The van der Waals surface area contributed by atoms with Crippen molar-refractivity contribution in [1.82, 2.24) is 9.97 Å². The van der Waals surface area contributed by atoms with Crippen molar-refractivity contribution in [3.8, 4) is 6.01 Å². The molecule has 1 N–H and O–H groups in total. The van der Waals surface area contributed by atoms with Crippen LogP contribution in [0.3, 0.4) is 0 Å². The molecule has 1 aromatic heterocycles. The molecule has 0 aromatic carbocycles. The first-order valence-electron chi connectivity index (χ1n) is 5.35. The van der Waals surface area contributed by atoms with Gasteiger partial charge in [-0.1, -0.05) is 18.7 Å². The van der Waals surface area contributed by atoms with E-state index in [4.69, 9.17) is 4.74 Å². The van der Waals surface area contributed by atoms with Crippen LogP contribution in [0.15, 0.2) is 35.6 Å². The fourth-order valence-corrected chi connectivity index (χ4v) is 0.902. The van der Waals surface area contributed by atoms with Gasteiger partial charge in [0, 0.05) is 6.21 Å². The Balaban J connectivity index is 2.74. The zero-order valence-electron chi connectivity index (χ0n) is 10.4. The van der Waals surface area contributed by atoms with Crippen molar-refractivity contribution in [2.45, 2.75) is 13.8 Å². The van der Waals surface area contributed by atoms with E-state index in [0.717, 1.165) is 11.8 Å². The summed E-state index contributed by atoms with van der Waals surface area (Å²) in [6.07, 6.45) is 6.01. The molecule has 18 heavy (non-hydrogen) atoms. The monoisotopic (exact) mass is 250 g/mol. The average molecular weight is 250 g/mol. The molecule has 0 unspecified atom stereocenters. The molecule has 96 valence electrons. The number of hydrogen-bond donors (Lipinski definition) is 1. The minimum Gasteiger partial charge on any atom is -0.459 e. The normalized spacial score (nSPS) is 11.6. The number of hydrazone groups is 1. The summed E-state index contributed by atoms with van der Waals surface area (Å²) in [7, 11) is 0. The van der Waals surface area contributed by atoms with Crippen molar-refractivity contribution < 1.29 is 9.13 Å². The fourth-order valence-electron chi connectivity index (χ4n) is 0.902. The van der Waals surface area contributed by atoms with Crippen molar-refractivity contribution in [3.63, 3.8) is 0 Å². The second kappa shape index (κ2) is 7.16. The van der Waals surface area contributed by atoms with Gasteiger partial charge in [-0.3, -0.25) is 5.43 Å². The highest BCUT2D eigenvalue weighted by molar-refractivity contribution is 5.78. The molecule has 5 nitrogen and oxygen atoms in total. The first kappa shape index (κ1) is 13.8. The maximum Gasteiger partial charge on any atom is 0.318 e. The number of hydrogen-bond acceptors (Lipinski definition) is 5. The van der Waals surface area contributed by atoms with Gasteiger partial charge in [0.25, 0.3) is 0 Å². The lowest BCUT2D eigenvalue weighted by molar-refractivity contribution is 0.332. The maximum atomic E-state index is 13.3. The number of anilines is 1. The molecular formula is C12H15FN4O. The SMILES string of the molecule is C=CCOc1ncc(F)c(N/N=C/C(C)=C/C)n1. The van der Waals surface area contributed by atoms with E-state index in [1.54, 1.807) is 12.3 Å². The molecule has 0 aliphatic heterocycles. The van der Waals surface area contributed by atoms with E-state index in [-0.39, 0.29) is 18.4 Å². The molecule has 1 aromatic rings. The second-order valence-electron chi connectivity index (χ2n) is 3.35.